The molecule has 2 N–H and O–H groups in total. The number of nitrogens with zero attached hydrogens (tertiary/aromatic N) is 1. The average molecular weight is 234 g/mol. The van der Waals surface area contributed by atoms with Gasteiger partial charge in [-0.15, -0.1) is 0 Å². The molecule has 90 valence electrons. The fourth-order valence-corrected chi connectivity index (χ4v) is 1.36. The average Bonchev–Trinajstić information content (AvgIpc) is 2.34. The van der Waals surface area contributed by atoms with Gasteiger partial charge in [-0.25, -0.2) is 0 Å². The summed E-state index contributed by atoms with van der Waals surface area (Å²) in [6, 6.07) is 8.67. The number of hydrogen-bond donors (Lipinski definition) is 2. The maximum atomic E-state index is 10.3. The SMILES string of the molecule is COc1ccc(C(C#N)NCCC(=O)O)cc1. The first-order valence-corrected chi connectivity index (χ1v) is 5.16. The molecule has 0 aliphatic rings. The lowest BCUT2D eigenvalue weighted by Crippen LogP contribution is -2.22. The largest absolute Gasteiger partial charge is 0.497 e. The molecule has 1 unspecified atom stereocenters. The summed E-state index contributed by atoms with van der Waals surface area (Å²) < 4.78 is 5.01. The summed E-state index contributed by atoms with van der Waals surface area (Å²) in [6.45, 7) is 0.263. The van der Waals surface area contributed by atoms with Crippen molar-refractivity contribution < 1.29 is 14.6 Å². The van der Waals surface area contributed by atoms with E-state index < -0.39 is 12.0 Å². The van der Waals surface area contributed by atoms with Gasteiger partial charge in [-0.1, -0.05) is 12.1 Å². The Kier molecular flexibility index (Phi) is 4.98. The summed E-state index contributed by atoms with van der Waals surface area (Å²) in [5.74, 6) is -0.167. The Balaban J connectivity index is 2.60. The predicted molar refractivity (Wildman–Crippen MR) is 61.6 cm³/mol. The molecule has 0 aromatic heterocycles. The molecule has 5 heteroatoms. The lowest BCUT2D eigenvalue weighted by Gasteiger charge is -2.11. The number of nitriles is 1. The molecule has 17 heavy (non-hydrogen) atoms. The van der Waals surface area contributed by atoms with E-state index in [1.54, 1.807) is 31.4 Å². The van der Waals surface area contributed by atoms with Crippen molar-refractivity contribution in [2.75, 3.05) is 13.7 Å². The predicted octanol–water partition coefficient (Wildman–Crippen LogP) is 1.32. The lowest BCUT2D eigenvalue weighted by atomic mass is 10.1. The van der Waals surface area contributed by atoms with E-state index >= 15 is 0 Å². The molecule has 0 bridgehead atoms. The summed E-state index contributed by atoms with van der Waals surface area (Å²) in [5.41, 5.74) is 0.790. The third-order valence-corrected chi connectivity index (χ3v) is 2.27. The second-order valence-electron chi connectivity index (χ2n) is 3.43. The third-order valence-electron chi connectivity index (χ3n) is 2.27. The fourth-order valence-electron chi connectivity index (χ4n) is 1.36. The van der Waals surface area contributed by atoms with Crippen LogP contribution in [-0.2, 0) is 4.79 Å². The van der Waals surface area contributed by atoms with Crippen molar-refractivity contribution in [2.24, 2.45) is 0 Å². The van der Waals surface area contributed by atoms with Gasteiger partial charge in [0.15, 0.2) is 0 Å². The zero-order chi connectivity index (χ0) is 12.7. The number of methoxy groups -OCH3 is 1. The minimum atomic E-state index is -0.885. The van der Waals surface area contributed by atoms with Crippen LogP contribution >= 0.6 is 0 Å². The van der Waals surface area contributed by atoms with E-state index in [-0.39, 0.29) is 13.0 Å². The number of ether oxygens (including phenoxy) is 1. The second-order valence-corrected chi connectivity index (χ2v) is 3.43. The number of nitrogens with one attached hydrogen (secondary N) is 1. The fraction of sp³-hybridized carbons (Fsp3) is 0.333. The Labute approximate surface area is 99.6 Å². The topological polar surface area (TPSA) is 82.3 Å². The van der Waals surface area contributed by atoms with Crippen molar-refractivity contribution >= 4 is 5.97 Å². The van der Waals surface area contributed by atoms with Gasteiger partial charge in [0.2, 0.25) is 0 Å². The van der Waals surface area contributed by atoms with E-state index in [1.807, 2.05) is 0 Å². The molecule has 0 saturated carbocycles. The van der Waals surface area contributed by atoms with Gasteiger partial charge in [0.25, 0.3) is 0 Å². The lowest BCUT2D eigenvalue weighted by molar-refractivity contribution is -0.136. The van der Waals surface area contributed by atoms with Crippen molar-refractivity contribution in [2.45, 2.75) is 12.5 Å². The molecule has 0 aliphatic carbocycles. The molecule has 1 atom stereocenters. The van der Waals surface area contributed by atoms with E-state index in [0.29, 0.717) is 0 Å². The Bertz CT molecular complexity index is 409. The number of hydrogen-bond acceptors (Lipinski definition) is 4. The third kappa shape index (κ3) is 4.13. The van der Waals surface area contributed by atoms with Crippen molar-refractivity contribution in [3.63, 3.8) is 0 Å². The first-order valence-electron chi connectivity index (χ1n) is 5.16. The van der Waals surface area contributed by atoms with Crippen LogP contribution in [0.5, 0.6) is 5.75 Å². The normalized spacial score (nSPS) is 11.5. The maximum absolute atomic E-state index is 10.3. The zero-order valence-corrected chi connectivity index (χ0v) is 9.51. The molecule has 0 spiro atoms. The standard InChI is InChI=1S/C12H14N2O3/c1-17-10-4-2-9(3-5-10)11(8-13)14-7-6-12(15)16/h2-5,11,14H,6-7H2,1H3,(H,15,16). The Hall–Kier alpha value is -2.06. The Morgan fingerprint density at radius 2 is 2.18 bits per heavy atom. The van der Waals surface area contributed by atoms with Crippen LogP contribution in [-0.4, -0.2) is 24.7 Å². The molecule has 0 saturated heterocycles. The van der Waals surface area contributed by atoms with Crippen LogP contribution in [0.3, 0.4) is 0 Å². The van der Waals surface area contributed by atoms with Crippen LogP contribution in [0.15, 0.2) is 24.3 Å². The van der Waals surface area contributed by atoms with Crippen LogP contribution in [0.2, 0.25) is 0 Å². The van der Waals surface area contributed by atoms with Gasteiger partial charge in [0.05, 0.1) is 19.6 Å². The maximum Gasteiger partial charge on any atom is 0.304 e. The monoisotopic (exact) mass is 234 g/mol. The minimum absolute atomic E-state index is 0.00562. The summed E-state index contributed by atoms with van der Waals surface area (Å²) in [5, 5.41) is 20.4. The Morgan fingerprint density at radius 3 is 2.65 bits per heavy atom. The van der Waals surface area contributed by atoms with Crippen LogP contribution in [0.25, 0.3) is 0 Å². The van der Waals surface area contributed by atoms with E-state index in [0.717, 1.165) is 11.3 Å². The first kappa shape index (κ1) is 13.0. The van der Waals surface area contributed by atoms with Gasteiger partial charge >= 0.3 is 5.97 Å². The van der Waals surface area contributed by atoms with Crippen LogP contribution < -0.4 is 10.1 Å². The highest BCUT2D eigenvalue weighted by Gasteiger charge is 2.10. The quantitative estimate of drug-likeness (QED) is 0.775. The number of benzene rings is 1. The summed E-state index contributed by atoms with van der Waals surface area (Å²) in [7, 11) is 1.57. The summed E-state index contributed by atoms with van der Waals surface area (Å²) >= 11 is 0. The summed E-state index contributed by atoms with van der Waals surface area (Å²) in [6.07, 6.45) is -0.00562. The Morgan fingerprint density at radius 1 is 1.53 bits per heavy atom. The van der Waals surface area contributed by atoms with Gasteiger partial charge in [-0.3, -0.25) is 10.1 Å². The zero-order valence-electron chi connectivity index (χ0n) is 9.51. The van der Waals surface area contributed by atoms with E-state index in [4.69, 9.17) is 15.1 Å². The molecule has 1 rings (SSSR count). The van der Waals surface area contributed by atoms with E-state index in [1.165, 1.54) is 0 Å². The summed E-state index contributed by atoms with van der Waals surface area (Å²) in [4.78, 5) is 10.3. The van der Waals surface area contributed by atoms with Gasteiger partial charge in [0, 0.05) is 6.54 Å². The molecule has 0 radical (unpaired) electrons. The van der Waals surface area contributed by atoms with Gasteiger partial charge < -0.3 is 9.84 Å². The molecule has 0 amide bonds. The van der Waals surface area contributed by atoms with E-state index in [2.05, 4.69) is 11.4 Å². The molecule has 1 aromatic rings. The second kappa shape index (κ2) is 6.51. The minimum Gasteiger partial charge on any atom is -0.497 e. The number of aliphatic carboxylic acids is 1. The molecule has 0 aliphatic heterocycles. The van der Waals surface area contributed by atoms with Crippen LogP contribution in [0.4, 0.5) is 0 Å². The molecular weight excluding hydrogens is 220 g/mol. The van der Waals surface area contributed by atoms with Gasteiger partial charge in [-0.05, 0) is 17.7 Å². The number of rotatable bonds is 6. The molecular formula is C12H14N2O3. The first-order chi connectivity index (χ1) is 8.17. The molecule has 5 nitrogen and oxygen atoms in total. The van der Waals surface area contributed by atoms with E-state index in [9.17, 15) is 4.79 Å². The van der Waals surface area contributed by atoms with Crippen molar-refractivity contribution in [1.29, 1.82) is 5.26 Å². The molecule has 1 aromatic carbocycles. The highest BCUT2D eigenvalue weighted by Crippen LogP contribution is 2.16. The van der Waals surface area contributed by atoms with Gasteiger partial charge in [0.1, 0.15) is 11.8 Å². The van der Waals surface area contributed by atoms with Crippen molar-refractivity contribution in [1.82, 2.24) is 5.32 Å². The molecule has 0 fully saturated rings. The van der Waals surface area contributed by atoms with Gasteiger partial charge in [-0.2, -0.15) is 5.26 Å². The van der Waals surface area contributed by atoms with Crippen molar-refractivity contribution in [3.8, 4) is 11.8 Å². The van der Waals surface area contributed by atoms with Crippen molar-refractivity contribution in [3.05, 3.63) is 29.8 Å². The number of carboxylic acids is 1. The van der Waals surface area contributed by atoms with Crippen LogP contribution in [0, 0.1) is 11.3 Å². The van der Waals surface area contributed by atoms with Crippen LogP contribution in [0.1, 0.15) is 18.0 Å². The number of carboxylic acid groups (broad SMARTS) is 1. The number of carbonyl (C=O) groups is 1. The smallest absolute Gasteiger partial charge is 0.304 e. The highest BCUT2D eigenvalue weighted by atomic mass is 16.5. The molecule has 0 heterocycles. The highest BCUT2D eigenvalue weighted by molar-refractivity contribution is 5.66.